The van der Waals surface area contributed by atoms with Crippen LogP contribution in [0.3, 0.4) is 0 Å². The predicted octanol–water partition coefficient (Wildman–Crippen LogP) is 2.96. The Morgan fingerprint density at radius 3 is 2.62 bits per heavy atom. The molecule has 0 radical (unpaired) electrons. The van der Waals surface area contributed by atoms with E-state index in [-0.39, 0.29) is 28.7 Å². The van der Waals surface area contributed by atoms with Gasteiger partial charge in [0, 0.05) is 17.9 Å². The number of phenols is 1. The number of halogens is 1. The molecule has 2 aromatic rings. The zero-order valence-corrected chi connectivity index (χ0v) is 16.4. The first-order chi connectivity index (χ1) is 13.8. The quantitative estimate of drug-likeness (QED) is 0.623. The lowest BCUT2D eigenvalue weighted by Crippen LogP contribution is -2.42. The Labute approximate surface area is 172 Å². The van der Waals surface area contributed by atoms with Crippen LogP contribution in [0.2, 0.25) is 5.02 Å². The molecule has 0 saturated carbocycles. The average Bonchev–Trinajstić information content (AvgIpc) is 2.70. The van der Waals surface area contributed by atoms with Crippen molar-refractivity contribution in [2.75, 3.05) is 0 Å². The number of benzene rings is 2. The summed E-state index contributed by atoms with van der Waals surface area (Å²) in [4.78, 5) is 36.6. The summed E-state index contributed by atoms with van der Waals surface area (Å²) >= 11 is 6.26. The maximum Gasteiger partial charge on any atom is 0.342 e. The number of carboxylic acids is 1. The highest BCUT2D eigenvalue weighted by Gasteiger charge is 2.33. The second-order valence-electron chi connectivity index (χ2n) is 6.80. The van der Waals surface area contributed by atoms with E-state index in [1.165, 1.54) is 6.07 Å². The highest BCUT2D eigenvalue weighted by molar-refractivity contribution is 6.32. The number of carboxylic acid groups (broad SMARTS) is 1. The molecule has 3 N–H and O–H groups in total. The normalized spacial score (nSPS) is 16.5. The standard InChI is InChI=1S/C21H20ClNO6/c1-2-12-9-13-15(22)10-14(18(24)17(13)21(28)29-12)19(25)23-16(20(26)27)8-11-6-4-3-5-7-11/h3-7,10,12,16,24H,2,8-9H2,1H3,(H,23,25)(H,26,27)/t12-,16+/m1/s1. The molecular weight excluding hydrogens is 398 g/mol. The highest BCUT2D eigenvalue weighted by Crippen LogP contribution is 2.37. The first kappa shape index (κ1) is 20.7. The topological polar surface area (TPSA) is 113 Å². The molecule has 0 fully saturated rings. The Morgan fingerprint density at radius 1 is 1.31 bits per heavy atom. The summed E-state index contributed by atoms with van der Waals surface area (Å²) in [6, 6.07) is 8.84. The van der Waals surface area contributed by atoms with Gasteiger partial charge in [-0.2, -0.15) is 0 Å². The van der Waals surface area contributed by atoms with Crippen LogP contribution in [0.1, 0.15) is 45.2 Å². The molecular formula is C21H20ClNO6. The summed E-state index contributed by atoms with van der Waals surface area (Å²) in [5.74, 6) is -3.39. The molecule has 152 valence electrons. The number of aliphatic carboxylic acids is 1. The van der Waals surface area contributed by atoms with Crippen LogP contribution in [0.15, 0.2) is 36.4 Å². The number of amides is 1. The molecule has 3 rings (SSSR count). The molecule has 0 aliphatic carbocycles. The Hall–Kier alpha value is -3.06. The number of ether oxygens (including phenoxy) is 1. The largest absolute Gasteiger partial charge is 0.506 e. The maximum atomic E-state index is 12.7. The highest BCUT2D eigenvalue weighted by atomic mass is 35.5. The van der Waals surface area contributed by atoms with Gasteiger partial charge in [-0.3, -0.25) is 4.79 Å². The fraction of sp³-hybridized carbons (Fsp3) is 0.286. The van der Waals surface area contributed by atoms with Gasteiger partial charge in [-0.15, -0.1) is 0 Å². The van der Waals surface area contributed by atoms with E-state index in [2.05, 4.69) is 5.32 Å². The fourth-order valence-corrected chi connectivity index (χ4v) is 3.55. The van der Waals surface area contributed by atoms with Gasteiger partial charge in [-0.25, -0.2) is 9.59 Å². The van der Waals surface area contributed by atoms with Crippen LogP contribution in [0, 0.1) is 0 Å². The Morgan fingerprint density at radius 2 is 2.00 bits per heavy atom. The monoisotopic (exact) mass is 417 g/mol. The summed E-state index contributed by atoms with van der Waals surface area (Å²) < 4.78 is 5.25. The predicted molar refractivity (Wildman–Crippen MR) is 105 cm³/mol. The molecule has 1 aliphatic rings. The molecule has 1 amide bonds. The van der Waals surface area contributed by atoms with Crippen molar-refractivity contribution in [3.63, 3.8) is 0 Å². The molecule has 2 aromatic carbocycles. The lowest BCUT2D eigenvalue weighted by atomic mass is 9.93. The summed E-state index contributed by atoms with van der Waals surface area (Å²) in [5, 5.41) is 22.5. The molecule has 1 aliphatic heterocycles. The lowest BCUT2D eigenvalue weighted by molar-refractivity contribution is -0.139. The molecule has 1 heterocycles. The number of phenolic OH excluding ortho intramolecular Hbond substituents is 1. The van der Waals surface area contributed by atoms with E-state index >= 15 is 0 Å². The lowest BCUT2D eigenvalue weighted by Gasteiger charge is -2.26. The van der Waals surface area contributed by atoms with Crippen molar-refractivity contribution in [2.24, 2.45) is 0 Å². The van der Waals surface area contributed by atoms with Gasteiger partial charge < -0.3 is 20.3 Å². The van der Waals surface area contributed by atoms with Crippen molar-refractivity contribution < 1.29 is 29.3 Å². The zero-order chi connectivity index (χ0) is 21.1. The van der Waals surface area contributed by atoms with Gasteiger partial charge in [0.25, 0.3) is 5.91 Å². The SMILES string of the molecule is CC[C@@H]1Cc2c(Cl)cc(C(=O)N[C@@H](Cc3ccccc3)C(=O)O)c(O)c2C(=O)O1. The number of carbonyl (C=O) groups is 3. The minimum Gasteiger partial charge on any atom is -0.506 e. The van der Waals surface area contributed by atoms with E-state index in [0.29, 0.717) is 18.4 Å². The molecule has 0 unspecified atom stereocenters. The number of nitrogens with one attached hydrogen (secondary N) is 1. The van der Waals surface area contributed by atoms with Crippen molar-refractivity contribution in [1.82, 2.24) is 5.32 Å². The van der Waals surface area contributed by atoms with E-state index in [1.54, 1.807) is 30.3 Å². The third-order valence-electron chi connectivity index (χ3n) is 4.85. The van der Waals surface area contributed by atoms with Gasteiger partial charge in [-0.05, 0) is 23.6 Å². The van der Waals surface area contributed by atoms with E-state index in [1.807, 2.05) is 6.92 Å². The number of cyclic esters (lactones) is 1. The summed E-state index contributed by atoms with van der Waals surface area (Å²) in [6.45, 7) is 1.86. The second-order valence-corrected chi connectivity index (χ2v) is 7.21. The van der Waals surface area contributed by atoms with E-state index in [9.17, 15) is 24.6 Å². The number of hydrogen-bond acceptors (Lipinski definition) is 5. The number of hydrogen-bond donors (Lipinski definition) is 3. The molecule has 0 bridgehead atoms. The molecule has 7 nitrogen and oxygen atoms in total. The molecule has 2 atom stereocenters. The summed E-state index contributed by atoms with van der Waals surface area (Å²) in [6.07, 6.45) is 0.623. The Balaban J connectivity index is 1.89. The van der Waals surface area contributed by atoms with Crippen molar-refractivity contribution in [1.29, 1.82) is 0 Å². The first-order valence-corrected chi connectivity index (χ1v) is 9.52. The molecule has 0 aromatic heterocycles. The van der Waals surface area contributed by atoms with Gasteiger partial charge in [0.1, 0.15) is 23.5 Å². The van der Waals surface area contributed by atoms with Gasteiger partial charge in [-0.1, -0.05) is 48.9 Å². The third-order valence-corrected chi connectivity index (χ3v) is 5.19. The Kier molecular flexibility index (Phi) is 6.08. The molecule has 8 heteroatoms. The van der Waals surface area contributed by atoms with Crippen molar-refractivity contribution in [3.05, 3.63) is 63.7 Å². The van der Waals surface area contributed by atoms with E-state index in [0.717, 1.165) is 5.56 Å². The van der Waals surface area contributed by atoms with Gasteiger partial charge >= 0.3 is 11.9 Å². The van der Waals surface area contributed by atoms with Crippen LogP contribution < -0.4 is 5.32 Å². The maximum absolute atomic E-state index is 12.7. The summed E-state index contributed by atoms with van der Waals surface area (Å²) in [7, 11) is 0. The molecule has 29 heavy (non-hydrogen) atoms. The van der Waals surface area contributed by atoms with Crippen LogP contribution in [-0.2, 0) is 22.4 Å². The number of carbonyl (C=O) groups excluding carboxylic acids is 2. The molecule has 0 saturated heterocycles. The average molecular weight is 418 g/mol. The van der Waals surface area contributed by atoms with Crippen LogP contribution >= 0.6 is 11.6 Å². The van der Waals surface area contributed by atoms with Crippen molar-refractivity contribution in [3.8, 4) is 5.75 Å². The number of fused-ring (bicyclic) bond motifs is 1. The number of esters is 1. The minimum atomic E-state index is -1.23. The second kappa shape index (κ2) is 8.53. The van der Waals surface area contributed by atoms with E-state index < -0.39 is 29.6 Å². The smallest absolute Gasteiger partial charge is 0.342 e. The zero-order valence-electron chi connectivity index (χ0n) is 15.6. The van der Waals surface area contributed by atoms with Crippen LogP contribution in [-0.4, -0.2) is 40.2 Å². The van der Waals surface area contributed by atoms with E-state index in [4.69, 9.17) is 16.3 Å². The number of rotatable bonds is 6. The number of aromatic hydroxyl groups is 1. The van der Waals surface area contributed by atoms with Crippen molar-refractivity contribution in [2.45, 2.75) is 38.3 Å². The van der Waals surface area contributed by atoms with Crippen LogP contribution in [0.4, 0.5) is 0 Å². The third kappa shape index (κ3) is 4.35. The summed E-state index contributed by atoms with van der Waals surface area (Å²) in [5.41, 5.74) is 0.715. The fourth-order valence-electron chi connectivity index (χ4n) is 3.26. The van der Waals surface area contributed by atoms with Gasteiger partial charge in [0.2, 0.25) is 0 Å². The first-order valence-electron chi connectivity index (χ1n) is 9.14. The van der Waals surface area contributed by atoms with Crippen molar-refractivity contribution >= 4 is 29.4 Å². The van der Waals surface area contributed by atoms with Crippen LogP contribution in [0.5, 0.6) is 5.75 Å². The van der Waals surface area contributed by atoms with Crippen LogP contribution in [0.25, 0.3) is 0 Å². The van der Waals surface area contributed by atoms with Gasteiger partial charge in [0.05, 0.1) is 5.56 Å². The molecule has 0 spiro atoms. The minimum absolute atomic E-state index is 0.0571. The Bertz CT molecular complexity index is 959. The van der Waals surface area contributed by atoms with Gasteiger partial charge in [0.15, 0.2) is 0 Å².